The minimum Gasteiger partial charge on any atom is -0.507 e. The zero-order valence-corrected chi connectivity index (χ0v) is 13.7. The first kappa shape index (κ1) is 20.6. The van der Waals surface area contributed by atoms with Crippen molar-refractivity contribution in [2.75, 3.05) is 0 Å². The Balaban J connectivity index is 2.32. The summed E-state index contributed by atoms with van der Waals surface area (Å²) < 4.78 is 76.9. The van der Waals surface area contributed by atoms with E-state index in [4.69, 9.17) is 11.6 Å². The van der Waals surface area contributed by atoms with Gasteiger partial charge in [-0.3, -0.25) is 4.79 Å². The summed E-state index contributed by atoms with van der Waals surface area (Å²) in [4.78, 5) is 11.8. The third kappa shape index (κ3) is 5.13. The van der Waals surface area contributed by atoms with Gasteiger partial charge >= 0.3 is 12.4 Å². The Morgan fingerprint density at radius 1 is 1.04 bits per heavy atom. The first-order valence-corrected chi connectivity index (χ1v) is 7.38. The van der Waals surface area contributed by atoms with Gasteiger partial charge in [0.25, 0.3) is 5.91 Å². The number of phenols is 1. The molecule has 144 valence electrons. The van der Waals surface area contributed by atoms with Gasteiger partial charge in [-0.15, -0.1) is 0 Å². The monoisotopic (exact) mass is 410 g/mol. The van der Waals surface area contributed by atoms with Crippen LogP contribution >= 0.6 is 11.6 Å². The van der Waals surface area contributed by atoms with E-state index in [1.807, 2.05) is 5.43 Å². The number of hydrogen-bond acceptors (Lipinski definition) is 3. The van der Waals surface area contributed by atoms with Crippen LogP contribution < -0.4 is 5.43 Å². The molecule has 11 heteroatoms. The molecule has 2 N–H and O–H groups in total. The van der Waals surface area contributed by atoms with E-state index >= 15 is 0 Å². The van der Waals surface area contributed by atoms with Crippen LogP contribution in [0.4, 0.5) is 26.3 Å². The molecule has 2 aromatic rings. The second kappa shape index (κ2) is 7.47. The molecule has 2 aromatic carbocycles. The van der Waals surface area contributed by atoms with Crippen molar-refractivity contribution in [3.8, 4) is 5.75 Å². The van der Waals surface area contributed by atoms with Crippen LogP contribution in [0, 0.1) is 0 Å². The molecule has 0 bridgehead atoms. The number of hydrogen-bond donors (Lipinski definition) is 2. The van der Waals surface area contributed by atoms with Crippen molar-refractivity contribution in [2.45, 2.75) is 12.4 Å². The van der Waals surface area contributed by atoms with E-state index in [2.05, 4.69) is 5.10 Å². The molecule has 0 aromatic heterocycles. The molecule has 0 radical (unpaired) electrons. The lowest BCUT2D eigenvalue weighted by Gasteiger charge is -2.15. The van der Waals surface area contributed by atoms with E-state index < -0.39 is 40.7 Å². The van der Waals surface area contributed by atoms with Gasteiger partial charge in [0, 0.05) is 16.1 Å². The molecule has 0 aliphatic carbocycles. The van der Waals surface area contributed by atoms with E-state index in [-0.39, 0.29) is 17.7 Å². The third-order valence-electron chi connectivity index (χ3n) is 3.25. The molecule has 0 spiro atoms. The zero-order valence-electron chi connectivity index (χ0n) is 13.0. The highest BCUT2D eigenvalue weighted by Gasteiger charge is 2.39. The molecule has 0 fully saturated rings. The number of nitrogens with zero attached hydrogens (tertiary/aromatic N) is 1. The highest BCUT2D eigenvalue weighted by Crippen LogP contribution is 2.41. The predicted octanol–water partition coefficient (Wildman–Crippen LogP) is 4.85. The number of benzene rings is 2. The number of carbonyl (C=O) groups excluding carboxylic acids is 1. The van der Waals surface area contributed by atoms with Gasteiger partial charge in [-0.25, -0.2) is 5.43 Å². The molecule has 0 atom stereocenters. The predicted molar refractivity (Wildman–Crippen MR) is 84.6 cm³/mol. The third-order valence-corrected chi connectivity index (χ3v) is 3.50. The summed E-state index contributed by atoms with van der Waals surface area (Å²) in [6.45, 7) is 0. The summed E-state index contributed by atoms with van der Waals surface area (Å²) in [5.74, 6) is -2.23. The van der Waals surface area contributed by atoms with Gasteiger partial charge in [0.2, 0.25) is 0 Å². The maximum Gasteiger partial charge on any atom is 0.419 e. The molecule has 0 unspecified atom stereocenters. The summed E-state index contributed by atoms with van der Waals surface area (Å²) in [5.41, 5.74) is -2.34. The topological polar surface area (TPSA) is 61.7 Å². The van der Waals surface area contributed by atoms with Crippen LogP contribution in [0.1, 0.15) is 27.0 Å². The molecule has 27 heavy (non-hydrogen) atoms. The van der Waals surface area contributed by atoms with Crippen molar-refractivity contribution in [2.24, 2.45) is 5.10 Å². The molecule has 2 rings (SSSR count). The van der Waals surface area contributed by atoms with E-state index in [0.29, 0.717) is 11.2 Å². The molecular formula is C16H9ClF6N2O2. The van der Waals surface area contributed by atoms with Gasteiger partial charge in [0.05, 0.1) is 17.3 Å². The second-order valence-corrected chi connectivity index (χ2v) is 5.60. The number of carbonyl (C=O) groups is 1. The van der Waals surface area contributed by atoms with Gasteiger partial charge in [-0.1, -0.05) is 11.6 Å². The van der Waals surface area contributed by atoms with Gasteiger partial charge in [0.15, 0.2) is 0 Å². The molecular weight excluding hydrogens is 402 g/mol. The van der Waals surface area contributed by atoms with E-state index in [9.17, 15) is 36.2 Å². The minimum atomic E-state index is -5.22. The lowest BCUT2D eigenvalue weighted by atomic mass is 10.0. The van der Waals surface area contributed by atoms with Crippen molar-refractivity contribution >= 4 is 23.7 Å². The van der Waals surface area contributed by atoms with Crippen LogP contribution in [-0.4, -0.2) is 17.2 Å². The number of amides is 1. The Bertz CT molecular complexity index is 876. The van der Waals surface area contributed by atoms with E-state index in [1.165, 1.54) is 24.3 Å². The number of alkyl halides is 6. The van der Waals surface area contributed by atoms with Crippen molar-refractivity contribution < 1.29 is 36.2 Å². The quantitative estimate of drug-likeness (QED) is 0.432. The summed E-state index contributed by atoms with van der Waals surface area (Å²) >= 11 is 5.65. The highest BCUT2D eigenvalue weighted by molar-refractivity contribution is 6.30. The Hall–Kier alpha value is -2.75. The lowest BCUT2D eigenvalue weighted by Crippen LogP contribution is -2.17. The maximum absolute atomic E-state index is 12.8. The number of phenolic OH excluding ortho intramolecular Hbond substituents is 1. The summed E-state index contributed by atoms with van der Waals surface area (Å²) in [5, 5.41) is 13.3. The average Bonchev–Trinajstić information content (AvgIpc) is 2.54. The molecule has 4 nitrogen and oxygen atoms in total. The van der Waals surface area contributed by atoms with E-state index in [1.54, 1.807) is 0 Å². The van der Waals surface area contributed by atoms with Crippen LogP contribution in [0.3, 0.4) is 0 Å². The Morgan fingerprint density at radius 2 is 1.63 bits per heavy atom. The van der Waals surface area contributed by atoms with Gasteiger partial charge < -0.3 is 5.11 Å². The van der Waals surface area contributed by atoms with Crippen LogP contribution in [0.2, 0.25) is 5.02 Å². The van der Waals surface area contributed by atoms with Gasteiger partial charge in [0.1, 0.15) is 5.75 Å². The number of hydrazone groups is 1. The number of rotatable bonds is 3. The number of halogens is 7. The van der Waals surface area contributed by atoms with Gasteiger partial charge in [-0.2, -0.15) is 31.4 Å². The van der Waals surface area contributed by atoms with Crippen LogP contribution in [0.15, 0.2) is 41.5 Å². The molecule has 1 amide bonds. The molecule has 0 saturated carbocycles. The largest absolute Gasteiger partial charge is 0.507 e. The fourth-order valence-electron chi connectivity index (χ4n) is 1.96. The first-order chi connectivity index (χ1) is 12.4. The molecule has 0 heterocycles. The van der Waals surface area contributed by atoms with E-state index in [0.717, 1.165) is 0 Å². The summed E-state index contributed by atoms with van der Waals surface area (Å²) in [6, 6.07) is 5.53. The molecule has 0 aliphatic heterocycles. The van der Waals surface area contributed by atoms with Crippen LogP contribution in [0.25, 0.3) is 0 Å². The van der Waals surface area contributed by atoms with Crippen molar-refractivity contribution in [3.05, 3.63) is 63.7 Å². The smallest absolute Gasteiger partial charge is 0.419 e. The Morgan fingerprint density at radius 3 is 2.15 bits per heavy atom. The zero-order chi connectivity index (χ0) is 20.4. The SMILES string of the molecule is O=C(N/N=C/c1cc(C(F)(F)F)cc(C(F)(F)F)c1O)c1ccc(Cl)cc1. The van der Waals surface area contributed by atoms with Gasteiger partial charge in [-0.05, 0) is 36.4 Å². The van der Waals surface area contributed by atoms with Crippen molar-refractivity contribution in [3.63, 3.8) is 0 Å². The Kier molecular flexibility index (Phi) is 5.69. The average molecular weight is 411 g/mol. The first-order valence-electron chi connectivity index (χ1n) is 7.00. The summed E-state index contributed by atoms with van der Waals surface area (Å²) in [6.07, 6.45) is -9.82. The second-order valence-electron chi connectivity index (χ2n) is 5.16. The Labute approximate surface area is 153 Å². The fourth-order valence-corrected chi connectivity index (χ4v) is 2.09. The normalized spacial score (nSPS) is 12.4. The molecule has 0 saturated heterocycles. The minimum absolute atomic E-state index is 0.0980. The fraction of sp³-hybridized carbons (Fsp3) is 0.125. The summed E-state index contributed by atoms with van der Waals surface area (Å²) in [7, 11) is 0. The molecule has 0 aliphatic rings. The number of aromatic hydroxyl groups is 1. The van der Waals surface area contributed by atoms with Crippen LogP contribution in [0.5, 0.6) is 5.75 Å². The van der Waals surface area contributed by atoms with Crippen molar-refractivity contribution in [1.82, 2.24) is 5.43 Å². The van der Waals surface area contributed by atoms with Crippen molar-refractivity contribution in [1.29, 1.82) is 0 Å². The van der Waals surface area contributed by atoms with Crippen LogP contribution in [-0.2, 0) is 12.4 Å². The highest BCUT2D eigenvalue weighted by atomic mass is 35.5. The maximum atomic E-state index is 12.8. The number of nitrogens with one attached hydrogen (secondary N) is 1. The standard InChI is InChI=1S/C16H9ClF6N2O2/c17-11-3-1-8(2-4-11)14(27)25-24-7-9-5-10(15(18,19)20)6-12(13(9)26)16(21,22)23/h1-7,26H,(H,25,27)/b24-7+. The lowest BCUT2D eigenvalue weighted by molar-refractivity contribution is -0.143.